The molecule has 2 aromatic rings. The number of carbonyl (C=O) groups is 1. The summed E-state index contributed by atoms with van der Waals surface area (Å²) in [5.41, 5.74) is 1.69. The zero-order valence-electron chi connectivity index (χ0n) is 14.1. The lowest BCUT2D eigenvalue weighted by Gasteiger charge is -2.18. The number of rotatable bonds is 8. The van der Waals surface area contributed by atoms with Gasteiger partial charge in [-0.15, -0.1) is 0 Å². The quantitative estimate of drug-likeness (QED) is 0.695. The number of carbonyl (C=O) groups excluding carboxylic acids is 1. The van der Waals surface area contributed by atoms with Crippen LogP contribution in [0.25, 0.3) is 11.3 Å². The van der Waals surface area contributed by atoms with E-state index in [1.165, 1.54) is 18.3 Å². The van der Waals surface area contributed by atoms with Gasteiger partial charge in [0.15, 0.2) is 0 Å². The van der Waals surface area contributed by atoms with E-state index >= 15 is 0 Å². The molecule has 1 aromatic heterocycles. The zero-order chi connectivity index (χ0) is 17.5. The molecule has 1 aromatic carbocycles. The van der Waals surface area contributed by atoms with E-state index in [1.54, 1.807) is 12.1 Å². The van der Waals surface area contributed by atoms with E-state index in [4.69, 9.17) is 5.11 Å². The summed E-state index contributed by atoms with van der Waals surface area (Å²) in [6.45, 7) is 4.86. The number of aromatic amines is 1. The van der Waals surface area contributed by atoms with Gasteiger partial charge in [-0.1, -0.05) is 13.8 Å². The molecule has 1 amide bonds. The molecule has 0 fully saturated rings. The number of halogens is 1. The van der Waals surface area contributed by atoms with E-state index in [9.17, 15) is 9.18 Å². The van der Waals surface area contributed by atoms with Crippen LogP contribution in [-0.2, 0) is 0 Å². The molecule has 1 heterocycles. The second kappa shape index (κ2) is 8.59. The summed E-state index contributed by atoms with van der Waals surface area (Å²) in [6.07, 6.45) is 3.07. The van der Waals surface area contributed by atoms with Crippen molar-refractivity contribution in [1.29, 1.82) is 0 Å². The van der Waals surface area contributed by atoms with Crippen LogP contribution in [0, 0.1) is 17.7 Å². The molecule has 0 bridgehead atoms. The maximum absolute atomic E-state index is 13.0. The minimum absolute atomic E-state index is 0.111. The number of nitrogens with zero attached hydrogens (tertiary/aromatic N) is 1. The summed E-state index contributed by atoms with van der Waals surface area (Å²) in [6, 6.07) is 5.90. The second-order valence-corrected chi connectivity index (χ2v) is 6.38. The van der Waals surface area contributed by atoms with Gasteiger partial charge in [0.2, 0.25) is 0 Å². The minimum Gasteiger partial charge on any atom is -0.396 e. The average Bonchev–Trinajstić information content (AvgIpc) is 3.02. The van der Waals surface area contributed by atoms with Crippen LogP contribution >= 0.6 is 0 Å². The highest BCUT2D eigenvalue weighted by Crippen LogP contribution is 2.21. The van der Waals surface area contributed by atoms with Crippen LogP contribution in [0.2, 0.25) is 0 Å². The summed E-state index contributed by atoms with van der Waals surface area (Å²) >= 11 is 0. The van der Waals surface area contributed by atoms with Crippen LogP contribution in [0.1, 0.15) is 37.0 Å². The number of aliphatic hydroxyl groups is 1. The summed E-state index contributed by atoms with van der Waals surface area (Å²) in [4.78, 5) is 12.5. The van der Waals surface area contributed by atoms with Gasteiger partial charge in [0.05, 0.1) is 17.5 Å². The van der Waals surface area contributed by atoms with Crippen LogP contribution in [0.4, 0.5) is 4.39 Å². The lowest BCUT2D eigenvalue weighted by atomic mass is 9.94. The topological polar surface area (TPSA) is 78.0 Å². The Morgan fingerprint density at radius 2 is 2.04 bits per heavy atom. The third-order valence-electron chi connectivity index (χ3n) is 3.91. The van der Waals surface area contributed by atoms with Crippen molar-refractivity contribution in [3.05, 3.63) is 41.8 Å². The molecule has 0 aliphatic carbocycles. The van der Waals surface area contributed by atoms with E-state index in [1.807, 2.05) is 0 Å². The monoisotopic (exact) mass is 333 g/mol. The number of hydrogen-bond acceptors (Lipinski definition) is 3. The van der Waals surface area contributed by atoms with Gasteiger partial charge in [-0.3, -0.25) is 9.89 Å². The number of nitrogens with one attached hydrogen (secondary N) is 2. The van der Waals surface area contributed by atoms with E-state index < -0.39 is 0 Å². The molecule has 24 heavy (non-hydrogen) atoms. The maximum Gasteiger partial charge on any atom is 0.255 e. The Hall–Kier alpha value is -2.21. The van der Waals surface area contributed by atoms with Crippen LogP contribution in [0.3, 0.4) is 0 Å². The van der Waals surface area contributed by atoms with Crippen molar-refractivity contribution in [3.8, 4) is 11.3 Å². The first-order valence-electron chi connectivity index (χ1n) is 8.19. The minimum atomic E-state index is -0.329. The molecule has 2 rings (SSSR count). The molecule has 1 unspecified atom stereocenters. The number of hydrogen-bond donors (Lipinski definition) is 3. The van der Waals surface area contributed by atoms with E-state index in [2.05, 4.69) is 29.4 Å². The van der Waals surface area contributed by atoms with Crippen molar-refractivity contribution in [3.63, 3.8) is 0 Å². The third kappa shape index (κ3) is 4.89. The molecule has 0 saturated carbocycles. The van der Waals surface area contributed by atoms with Crippen LogP contribution < -0.4 is 5.32 Å². The third-order valence-corrected chi connectivity index (χ3v) is 3.91. The predicted molar refractivity (Wildman–Crippen MR) is 91.0 cm³/mol. The fraction of sp³-hybridized carbons (Fsp3) is 0.444. The van der Waals surface area contributed by atoms with Crippen molar-refractivity contribution >= 4 is 5.91 Å². The van der Waals surface area contributed by atoms with Crippen molar-refractivity contribution in [2.24, 2.45) is 11.8 Å². The highest BCUT2D eigenvalue weighted by Gasteiger charge is 2.17. The fourth-order valence-corrected chi connectivity index (χ4v) is 2.78. The highest BCUT2D eigenvalue weighted by atomic mass is 19.1. The molecule has 0 spiro atoms. The van der Waals surface area contributed by atoms with Crippen LogP contribution in [0.5, 0.6) is 0 Å². The molecule has 1 atom stereocenters. The number of amides is 1. The average molecular weight is 333 g/mol. The molecule has 130 valence electrons. The first kappa shape index (κ1) is 18.1. The Morgan fingerprint density at radius 1 is 1.33 bits per heavy atom. The van der Waals surface area contributed by atoms with Crippen molar-refractivity contribution in [1.82, 2.24) is 15.5 Å². The van der Waals surface area contributed by atoms with Gasteiger partial charge >= 0.3 is 0 Å². The Kier molecular flexibility index (Phi) is 6.49. The molecular weight excluding hydrogens is 309 g/mol. The van der Waals surface area contributed by atoms with Gasteiger partial charge in [-0.2, -0.15) is 5.10 Å². The maximum atomic E-state index is 13.0. The Morgan fingerprint density at radius 3 is 2.67 bits per heavy atom. The summed E-state index contributed by atoms with van der Waals surface area (Å²) in [7, 11) is 0. The van der Waals surface area contributed by atoms with Gasteiger partial charge in [0.1, 0.15) is 5.82 Å². The normalized spacial score (nSPS) is 12.4. The summed E-state index contributed by atoms with van der Waals surface area (Å²) in [5, 5.41) is 18.8. The van der Waals surface area contributed by atoms with E-state index in [-0.39, 0.29) is 24.2 Å². The number of aromatic nitrogens is 2. The van der Waals surface area contributed by atoms with Gasteiger partial charge in [-0.25, -0.2) is 4.39 Å². The molecule has 5 nitrogen and oxygen atoms in total. The second-order valence-electron chi connectivity index (χ2n) is 6.38. The predicted octanol–water partition coefficient (Wildman–Crippen LogP) is 2.99. The van der Waals surface area contributed by atoms with Crippen molar-refractivity contribution in [2.75, 3.05) is 13.2 Å². The number of benzene rings is 1. The largest absolute Gasteiger partial charge is 0.396 e. The Labute approximate surface area is 141 Å². The Bertz CT molecular complexity index is 653. The highest BCUT2D eigenvalue weighted by molar-refractivity contribution is 5.99. The van der Waals surface area contributed by atoms with Crippen molar-refractivity contribution in [2.45, 2.75) is 26.7 Å². The van der Waals surface area contributed by atoms with Crippen molar-refractivity contribution < 1.29 is 14.3 Å². The molecule has 0 saturated heterocycles. The van der Waals surface area contributed by atoms with E-state index in [0.29, 0.717) is 35.7 Å². The molecule has 0 aliphatic rings. The smallest absolute Gasteiger partial charge is 0.255 e. The molecule has 3 N–H and O–H groups in total. The van der Waals surface area contributed by atoms with Gasteiger partial charge in [0.25, 0.3) is 5.91 Å². The summed E-state index contributed by atoms with van der Waals surface area (Å²) in [5.74, 6) is 0.182. The van der Waals surface area contributed by atoms with Crippen LogP contribution in [-0.4, -0.2) is 34.4 Å². The standard InChI is InChI=1S/C18H24FN3O2/c1-12(2)9-13(7-8-23)10-20-18(24)16-11-21-22-17(16)14-3-5-15(19)6-4-14/h3-6,11-13,23H,7-10H2,1-2H3,(H,20,24)(H,21,22). The SMILES string of the molecule is CC(C)CC(CCO)CNC(=O)c1cn[nH]c1-c1ccc(F)cc1. The van der Waals surface area contributed by atoms with E-state index in [0.717, 1.165) is 6.42 Å². The van der Waals surface area contributed by atoms with Gasteiger partial charge in [0, 0.05) is 18.7 Å². The number of aliphatic hydroxyl groups excluding tert-OH is 1. The zero-order valence-corrected chi connectivity index (χ0v) is 14.1. The first-order chi connectivity index (χ1) is 11.5. The first-order valence-corrected chi connectivity index (χ1v) is 8.19. The van der Waals surface area contributed by atoms with Crippen LogP contribution in [0.15, 0.2) is 30.5 Å². The molecule has 0 radical (unpaired) electrons. The summed E-state index contributed by atoms with van der Waals surface area (Å²) < 4.78 is 13.0. The number of H-pyrrole nitrogens is 1. The Balaban J connectivity index is 2.05. The molecule has 6 heteroatoms. The fourth-order valence-electron chi connectivity index (χ4n) is 2.78. The molecular formula is C18H24FN3O2. The van der Waals surface area contributed by atoms with Gasteiger partial charge < -0.3 is 10.4 Å². The van der Waals surface area contributed by atoms with Gasteiger partial charge in [-0.05, 0) is 48.9 Å². The lowest BCUT2D eigenvalue weighted by molar-refractivity contribution is 0.0942. The molecule has 0 aliphatic heterocycles. The lowest BCUT2D eigenvalue weighted by Crippen LogP contribution is -2.30.